The minimum absolute atomic E-state index is 0.782. The first-order valence-corrected chi connectivity index (χ1v) is 7.77. The molecule has 20 heavy (non-hydrogen) atoms. The molecule has 0 bridgehead atoms. The standard InChI is InChI=1S/C17H28N2O/c1-14-7-8-19(13-15(14)2)9-10-20-17-6-4-5-16(11-17)12-18-3/h4-6,11,14-15,18H,7-10,12-13H2,1-3H3. The number of nitrogens with zero attached hydrogens (tertiary/aromatic N) is 1. The summed E-state index contributed by atoms with van der Waals surface area (Å²) < 4.78 is 5.89. The summed E-state index contributed by atoms with van der Waals surface area (Å²) in [7, 11) is 1.96. The molecule has 1 fully saturated rings. The number of hydrogen-bond acceptors (Lipinski definition) is 3. The van der Waals surface area contributed by atoms with Gasteiger partial charge in [-0.2, -0.15) is 0 Å². The van der Waals surface area contributed by atoms with E-state index in [1.165, 1.54) is 25.1 Å². The van der Waals surface area contributed by atoms with Gasteiger partial charge in [0.05, 0.1) is 0 Å². The van der Waals surface area contributed by atoms with Gasteiger partial charge in [-0.05, 0) is 49.5 Å². The van der Waals surface area contributed by atoms with Crippen LogP contribution < -0.4 is 10.1 Å². The van der Waals surface area contributed by atoms with E-state index in [1.807, 2.05) is 13.1 Å². The van der Waals surface area contributed by atoms with Gasteiger partial charge in [-0.25, -0.2) is 0 Å². The molecule has 3 nitrogen and oxygen atoms in total. The zero-order valence-electron chi connectivity index (χ0n) is 13.1. The predicted octanol–water partition coefficient (Wildman–Crippen LogP) is 2.76. The molecular formula is C17H28N2O. The zero-order valence-corrected chi connectivity index (χ0v) is 13.1. The summed E-state index contributed by atoms with van der Waals surface area (Å²) in [6, 6.07) is 8.35. The lowest BCUT2D eigenvalue weighted by Crippen LogP contribution is -2.40. The van der Waals surface area contributed by atoms with Crippen molar-refractivity contribution in [3.8, 4) is 5.75 Å². The maximum Gasteiger partial charge on any atom is 0.119 e. The highest BCUT2D eigenvalue weighted by Crippen LogP contribution is 2.22. The van der Waals surface area contributed by atoms with E-state index in [1.54, 1.807) is 0 Å². The van der Waals surface area contributed by atoms with Crippen molar-refractivity contribution < 1.29 is 4.74 Å². The number of nitrogens with one attached hydrogen (secondary N) is 1. The highest BCUT2D eigenvalue weighted by Gasteiger charge is 2.22. The van der Waals surface area contributed by atoms with Crippen molar-refractivity contribution in [2.24, 2.45) is 11.8 Å². The van der Waals surface area contributed by atoms with Crippen molar-refractivity contribution in [2.75, 3.05) is 33.3 Å². The molecule has 0 radical (unpaired) electrons. The second kappa shape index (κ2) is 7.65. The number of rotatable bonds is 6. The minimum Gasteiger partial charge on any atom is -0.492 e. The smallest absolute Gasteiger partial charge is 0.119 e. The second-order valence-electron chi connectivity index (χ2n) is 6.07. The zero-order chi connectivity index (χ0) is 14.4. The van der Waals surface area contributed by atoms with Crippen molar-refractivity contribution in [1.82, 2.24) is 10.2 Å². The SMILES string of the molecule is CNCc1cccc(OCCN2CCC(C)C(C)C2)c1. The fraction of sp³-hybridized carbons (Fsp3) is 0.647. The summed E-state index contributed by atoms with van der Waals surface area (Å²) >= 11 is 0. The fourth-order valence-corrected chi connectivity index (χ4v) is 2.79. The van der Waals surface area contributed by atoms with E-state index in [2.05, 4.69) is 42.3 Å². The first-order chi connectivity index (χ1) is 9.69. The largest absolute Gasteiger partial charge is 0.492 e. The Balaban J connectivity index is 1.74. The third kappa shape index (κ3) is 4.50. The topological polar surface area (TPSA) is 24.5 Å². The van der Waals surface area contributed by atoms with E-state index in [9.17, 15) is 0 Å². The molecule has 1 aromatic rings. The molecule has 0 aliphatic carbocycles. The van der Waals surface area contributed by atoms with Crippen LogP contribution in [0.2, 0.25) is 0 Å². The number of ether oxygens (including phenoxy) is 1. The van der Waals surface area contributed by atoms with Crippen molar-refractivity contribution in [2.45, 2.75) is 26.8 Å². The molecule has 0 saturated carbocycles. The Kier molecular flexibility index (Phi) is 5.86. The first-order valence-electron chi connectivity index (χ1n) is 7.77. The Labute approximate surface area is 123 Å². The van der Waals surface area contributed by atoms with Gasteiger partial charge in [-0.3, -0.25) is 4.90 Å². The van der Waals surface area contributed by atoms with Gasteiger partial charge in [-0.1, -0.05) is 26.0 Å². The van der Waals surface area contributed by atoms with Crippen LogP contribution in [0.25, 0.3) is 0 Å². The summed E-state index contributed by atoms with van der Waals surface area (Å²) in [4.78, 5) is 2.53. The van der Waals surface area contributed by atoms with E-state index >= 15 is 0 Å². The van der Waals surface area contributed by atoms with Gasteiger partial charge in [0, 0.05) is 19.6 Å². The summed E-state index contributed by atoms with van der Waals surface area (Å²) in [5, 5.41) is 3.16. The van der Waals surface area contributed by atoms with E-state index in [4.69, 9.17) is 4.74 Å². The molecule has 112 valence electrons. The molecule has 1 aliphatic heterocycles. The molecule has 1 saturated heterocycles. The Hall–Kier alpha value is -1.06. The average molecular weight is 276 g/mol. The van der Waals surface area contributed by atoms with Gasteiger partial charge in [0.15, 0.2) is 0 Å². The molecule has 1 N–H and O–H groups in total. The monoisotopic (exact) mass is 276 g/mol. The van der Waals surface area contributed by atoms with Crippen molar-refractivity contribution in [1.29, 1.82) is 0 Å². The van der Waals surface area contributed by atoms with Crippen LogP contribution in [0.4, 0.5) is 0 Å². The summed E-state index contributed by atoms with van der Waals surface area (Å²) in [6.07, 6.45) is 1.32. The fourth-order valence-electron chi connectivity index (χ4n) is 2.79. The van der Waals surface area contributed by atoms with E-state index < -0.39 is 0 Å². The molecule has 0 amide bonds. The van der Waals surface area contributed by atoms with Crippen molar-refractivity contribution in [3.05, 3.63) is 29.8 Å². The maximum absolute atomic E-state index is 5.89. The van der Waals surface area contributed by atoms with Crippen molar-refractivity contribution in [3.63, 3.8) is 0 Å². The molecule has 2 atom stereocenters. The van der Waals surface area contributed by atoms with Crippen molar-refractivity contribution >= 4 is 0 Å². The quantitative estimate of drug-likeness (QED) is 0.864. The van der Waals surface area contributed by atoms with Crippen LogP contribution in [-0.4, -0.2) is 38.2 Å². The minimum atomic E-state index is 0.782. The van der Waals surface area contributed by atoms with Gasteiger partial charge < -0.3 is 10.1 Å². The van der Waals surface area contributed by atoms with Crippen LogP contribution in [0, 0.1) is 11.8 Å². The molecule has 1 aliphatic rings. The third-order valence-electron chi connectivity index (χ3n) is 4.37. The first kappa shape index (κ1) is 15.3. The van der Waals surface area contributed by atoms with Gasteiger partial charge in [0.2, 0.25) is 0 Å². The summed E-state index contributed by atoms with van der Waals surface area (Å²) in [5.74, 6) is 2.66. The van der Waals surface area contributed by atoms with Crippen LogP contribution >= 0.6 is 0 Å². The Bertz CT molecular complexity index is 408. The lowest BCUT2D eigenvalue weighted by Gasteiger charge is -2.35. The number of hydrogen-bond donors (Lipinski definition) is 1. The number of benzene rings is 1. The third-order valence-corrected chi connectivity index (χ3v) is 4.37. The molecule has 2 rings (SSSR count). The predicted molar refractivity (Wildman–Crippen MR) is 84.1 cm³/mol. The van der Waals surface area contributed by atoms with Crippen LogP contribution in [0.1, 0.15) is 25.8 Å². The van der Waals surface area contributed by atoms with Crippen LogP contribution in [0.15, 0.2) is 24.3 Å². The Morgan fingerprint density at radius 2 is 2.15 bits per heavy atom. The molecule has 2 unspecified atom stereocenters. The van der Waals surface area contributed by atoms with Crippen LogP contribution in [0.3, 0.4) is 0 Å². The van der Waals surface area contributed by atoms with Crippen LogP contribution in [-0.2, 0) is 6.54 Å². The highest BCUT2D eigenvalue weighted by molar-refractivity contribution is 5.28. The molecular weight excluding hydrogens is 248 g/mol. The molecule has 3 heteroatoms. The van der Waals surface area contributed by atoms with Crippen LogP contribution in [0.5, 0.6) is 5.75 Å². The molecule has 0 aromatic heterocycles. The second-order valence-corrected chi connectivity index (χ2v) is 6.07. The Morgan fingerprint density at radius 3 is 2.90 bits per heavy atom. The maximum atomic E-state index is 5.89. The Morgan fingerprint density at radius 1 is 1.30 bits per heavy atom. The van der Waals surface area contributed by atoms with Gasteiger partial charge in [0.25, 0.3) is 0 Å². The molecule has 0 spiro atoms. The molecule has 1 aromatic carbocycles. The van der Waals surface area contributed by atoms with E-state index in [-0.39, 0.29) is 0 Å². The van der Waals surface area contributed by atoms with Gasteiger partial charge in [0.1, 0.15) is 12.4 Å². The molecule has 1 heterocycles. The summed E-state index contributed by atoms with van der Waals surface area (Å²) in [5.41, 5.74) is 1.27. The number of piperidine rings is 1. The van der Waals surface area contributed by atoms with E-state index in [0.29, 0.717) is 0 Å². The highest BCUT2D eigenvalue weighted by atomic mass is 16.5. The van der Waals surface area contributed by atoms with E-state index in [0.717, 1.165) is 37.3 Å². The normalized spacial score (nSPS) is 23.8. The lowest BCUT2D eigenvalue weighted by atomic mass is 9.89. The summed E-state index contributed by atoms with van der Waals surface area (Å²) in [6.45, 7) is 9.86. The lowest BCUT2D eigenvalue weighted by molar-refractivity contribution is 0.119. The average Bonchev–Trinajstić information content (AvgIpc) is 2.44. The van der Waals surface area contributed by atoms with Gasteiger partial charge >= 0.3 is 0 Å². The van der Waals surface area contributed by atoms with Gasteiger partial charge in [-0.15, -0.1) is 0 Å². The number of likely N-dealkylation sites (tertiary alicyclic amines) is 1.